The molecule has 0 saturated carbocycles. The molecule has 1 N–H and O–H groups in total. The van der Waals surface area contributed by atoms with Crippen molar-refractivity contribution in [2.45, 2.75) is 6.54 Å². The van der Waals surface area contributed by atoms with Crippen molar-refractivity contribution in [1.29, 1.82) is 0 Å². The van der Waals surface area contributed by atoms with Gasteiger partial charge in [0.1, 0.15) is 12.4 Å². The van der Waals surface area contributed by atoms with E-state index < -0.39 is 0 Å². The summed E-state index contributed by atoms with van der Waals surface area (Å²) in [5, 5.41) is 2.80. The number of hydrogen-bond acceptors (Lipinski definition) is 4. The number of likely N-dealkylation sites (N-methyl/N-ethyl adjacent to an activating group) is 1. The van der Waals surface area contributed by atoms with Crippen molar-refractivity contribution >= 4 is 5.91 Å². The van der Waals surface area contributed by atoms with Gasteiger partial charge in [0.15, 0.2) is 0 Å². The lowest BCUT2D eigenvalue weighted by atomic mass is 10.2. The molecule has 0 aliphatic heterocycles. The molecule has 0 aliphatic carbocycles. The minimum absolute atomic E-state index is 0.207. The van der Waals surface area contributed by atoms with E-state index in [1.165, 1.54) is 10.6 Å². The lowest BCUT2D eigenvalue weighted by Crippen LogP contribution is -2.25. The number of amides is 1. The van der Waals surface area contributed by atoms with E-state index in [-0.39, 0.29) is 11.5 Å². The second-order valence-corrected chi connectivity index (χ2v) is 5.84. The topological polar surface area (TPSA) is 63.6 Å². The zero-order chi connectivity index (χ0) is 17.5. The molecule has 0 bridgehead atoms. The summed E-state index contributed by atoms with van der Waals surface area (Å²) in [6.07, 6.45) is 1.58. The second-order valence-electron chi connectivity index (χ2n) is 5.84. The van der Waals surface area contributed by atoms with Crippen molar-refractivity contribution in [3.8, 4) is 5.75 Å². The van der Waals surface area contributed by atoms with Crippen LogP contribution in [0, 0.1) is 0 Å². The summed E-state index contributed by atoms with van der Waals surface area (Å²) in [4.78, 5) is 25.7. The molecule has 1 aromatic heterocycles. The third kappa shape index (κ3) is 5.24. The van der Waals surface area contributed by atoms with Crippen LogP contribution in [0.25, 0.3) is 0 Å². The molecule has 0 radical (unpaired) electrons. The average Bonchev–Trinajstić information content (AvgIpc) is 2.56. The molecule has 0 atom stereocenters. The van der Waals surface area contributed by atoms with Crippen LogP contribution in [0.5, 0.6) is 5.75 Å². The van der Waals surface area contributed by atoms with E-state index in [0.717, 1.165) is 17.9 Å². The number of ether oxygens (including phenoxy) is 1. The number of aryl methyl sites for hydroxylation is 1. The highest BCUT2D eigenvalue weighted by molar-refractivity contribution is 5.93. The molecule has 2 rings (SSSR count). The van der Waals surface area contributed by atoms with Crippen molar-refractivity contribution in [2.24, 2.45) is 7.05 Å². The fraction of sp³-hybridized carbons (Fsp3) is 0.333. The number of nitrogens with one attached hydrogen (secondary N) is 1. The third-order valence-corrected chi connectivity index (χ3v) is 3.55. The number of carbonyl (C=O) groups is 1. The van der Waals surface area contributed by atoms with E-state index in [1.807, 2.05) is 38.4 Å². The Morgan fingerprint density at radius 3 is 2.54 bits per heavy atom. The van der Waals surface area contributed by atoms with Crippen LogP contribution in [0.4, 0.5) is 0 Å². The standard InChI is InChI=1S/C18H23N3O3/c1-20(2)10-11-24-16-6-4-14(5-7-16)13-19-18(23)15-8-9-21(3)17(22)12-15/h4-9,12H,10-11,13H2,1-3H3,(H,19,23). The number of pyridine rings is 1. The van der Waals surface area contributed by atoms with Crippen LogP contribution in [0.3, 0.4) is 0 Å². The summed E-state index contributed by atoms with van der Waals surface area (Å²) >= 11 is 0. The van der Waals surface area contributed by atoms with Crippen LogP contribution >= 0.6 is 0 Å². The zero-order valence-corrected chi connectivity index (χ0v) is 14.3. The molecule has 1 amide bonds. The quantitative estimate of drug-likeness (QED) is 0.830. The molecule has 1 heterocycles. The maximum atomic E-state index is 12.1. The number of rotatable bonds is 7. The largest absolute Gasteiger partial charge is 0.492 e. The number of benzene rings is 1. The number of carbonyl (C=O) groups excluding carboxylic acids is 1. The van der Waals surface area contributed by atoms with Gasteiger partial charge in [-0.15, -0.1) is 0 Å². The van der Waals surface area contributed by atoms with Gasteiger partial charge in [-0.05, 0) is 37.9 Å². The van der Waals surface area contributed by atoms with Gasteiger partial charge < -0.3 is 19.5 Å². The molecule has 0 spiro atoms. The van der Waals surface area contributed by atoms with E-state index >= 15 is 0 Å². The molecule has 6 heteroatoms. The maximum Gasteiger partial charge on any atom is 0.251 e. The third-order valence-electron chi connectivity index (χ3n) is 3.55. The fourth-order valence-electron chi connectivity index (χ4n) is 2.02. The summed E-state index contributed by atoms with van der Waals surface area (Å²) in [7, 11) is 5.64. The molecule has 0 fully saturated rings. The number of nitrogens with zero attached hydrogens (tertiary/aromatic N) is 2. The molecule has 0 unspecified atom stereocenters. The van der Waals surface area contributed by atoms with E-state index in [9.17, 15) is 9.59 Å². The first-order chi connectivity index (χ1) is 11.5. The van der Waals surface area contributed by atoms with Gasteiger partial charge in [0.2, 0.25) is 0 Å². The van der Waals surface area contributed by atoms with E-state index in [1.54, 1.807) is 19.3 Å². The molecule has 1 aromatic carbocycles. The first-order valence-electron chi connectivity index (χ1n) is 7.77. The van der Waals surface area contributed by atoms with Gasteiger partial charge in [0.25, 0.3) is 11.5 Å². The Morgan fingerprint density at radius 1 is 1.21 bits per heavy atom. The summed E-state index contributed by atoms with van der Waals surface area (Å²) < 4.78 is 7.05. The smallest absolute Gasteiger partial charge is 0.251 e. The monoisotopic (exact) mass is 329 g/mol. The fourth-order valence-corrected chi connectivity index (χ4v) is 2.02. The van der Waals surface area contributed by atoms with Crippen molar-refractivity contribution in [3.05, 3.63) is 64.1 Å². The summed E-state index contributed by atoms with van der Waals surface area (Å²) in [5.74, 6) is 0.539. The van der Waals surface area contributed by atoms with Crippen molar-refractivity contribution in [3.63, 3.8) is 0 Å². The van der Waals surface area contributed by atoms with Crippen LogP contribution in [0.2, 0.25) is 0 Å². The Hall–Kier alpha value is -2.60. The Morgan fingerprint density at radius 2 is 1.92 bits per heavy atom. The van der Waals surface area contributed by atoms with Gasteiger partial charge in [-0.2, -0.15) is 0 Å². The Balaban J connectivity index is 1.86. The zero-order valence-electron chi connectivity index (χ0n) is 14.3. The minimum atomic E-state index is -0.265. The van der Waals surface area contributed by atoms with Gasteiger partial charge in [0, 0.05) is 38.0 Å². The first kappa shape index (κ1) is 17.7. The van der Waals surface area contributed by atoms with Gasteiger partial charge in [-0.3, -0.25) is 9.59 Å². The second kappa shape index (κ2) is 8.31. The molecule has 0 aliphatic rings. The van der Waals surface area contributed by atoms with Crippen LogP contribution in [0.1, 0.15) is 15.9 Å². The molecule has 128 valence electrons. The van der Waals surface area contributed by atoms with Crippen molar-refractivity contribution in [2.75, 3.05) is 27.2 Å². The molecule has 24 heavy (non-hydrogen) atoms. The van der Waals surface area contributed by atoms with Crippen molar-refractivity contribution in [1.82, 2.24) is 14.8 Å². The van der Waals surface area contributed by atoms with E-state index in [0.29, 0.717) is 18.7 Å². The Labute approximate surface area is 141 Å². The van der Waals surface area contributed by atoms with Crippen LogP contribution in [-0.2, 0) is 13.6 Å². The highest BCUT2D eigenvalue weighted by Crippen LogP contribution is 2.12. The molecule has 2 aromatic rings. The highest BCUT2D eigenvalue weighted by atomic mass is 16.5. The Bertz CT molecular complexity index is 736. The van der Waals surface area contributed by atoms with Crippen LogP contribution in [-0.4, -0.2) is 42.6 Å². The summed E-state index contributed by atoms with van der Waals surface area (Å²) in [6.45, 7) is 1.88. The molecular weight excluding hydrogens is 306 g/mol. The van der Waals surface area contributed by atoms with Gasteiger partial charge in [-0.25, -0.2) is 0 Å². The van der Waals surface area contributed by atoms with Gasteiger partial charge in [-0.1, -0.05) is 12.1 Å². The normalized spacial score (nSPS) is 10.7. The van der Waals surface area contributed by atoms with E-state index in [4.69, 9.17) is 4.74 Å². The average molecular weight is 329 g/mol. The maximum absolute atomic E-state index is 12.1. The van der Waals surface area contributed by atoms with Gasteiger partial charge in [0.05, 0.1) is 0 Å². The SMILES string of the molecule is CN(C)CCOc1ccc(CNC(=O)c2ccn(C)c(=O)c2)cc1. The Kier molecular flexibility index (Phi) is 6.14. The highest BCUT2D eigenvalue weighted by Gasteiger charge is 2.06. The molecular formula is C18H23N3O3. The summed E-state index contributed by atoms with van der Waals surface area (Å²) in [6, 6.07) is 10.5. The number of hydrogen-bond donors (Lipinski definition) is 1. The van der Waals surface area contributed by atoms with Crippen LogP contribution in [0.15, 0.2) is 47.4 Å². The van der Waals surface area contributed by atoms with E-state index in [2.05, 4.69) is 10.2 Å². The predicted octanol–water partition coefficient (Wildman–Crippen LogP) is 1.26. The lowest BCUT2D eigenvalue weighted by molar-refractivity contribution is 0.0950. The molecule has 6 nitrogen and oxygen atoms in total. The minimum Gasteiger partial charge on any atom is -0.492 e. The predicted molar refractivity (Wildman–Crippen MR) is 93.3 cm³/mol. The van der Waals surface area contributed by atoms with Crippen molar-refractivity contribution < 1.29 is 9.53 Å². The van der Waals surface area contributed by atoms with Gasteiger partial charge >= 0.3 is 0 Å². The number of aromatic nitrogens is 1. The lowest BCUT2D eigenvalue weighted by Gasteiger charge is -2.11. The van der Waals surface area contributed by atoms with Crippen LogP contribution < -0.4 is 15.6 Å². The first-order valence-corrected chi connectivity index (χ1v) is 7.77. The summed E-state index contributed by atoms with van der Waals surface area (Å²) in [5.41, 5.74) is 1.12. The molecule has 0 saturated heterocycles.